The van der Waals surface area contributed by atoms with Gasteiger partial charge in [0.25, 0.3) is 0 Å². The van der Waals surface area contributed by atoms with Crippen molar-refractivity contribution in [3.8, 4) is 11.5 Å². The fourth-order valence-corrected chi connectivity index (χ4v) is 2.16. The number of aryl methyl sites for hydroxylation is 1. The zero-order valence-electron chi connectivity index (χ0n) is 11.3. The standard InChI is InChI=1S/C17H16N2O/c1-12-6-7-13(11-18)10-17(12)20-16-8-9-19-15-5-3-2-4-14(15)16/h2-10H,11,18H2,1H3. The van der Waals surface area contributed by atoms with Gasteiger partial charge >= 0.3 is 0 Å². The zero-order chi connectivity index (χ0) is 13.9. The SMILES string of the molecule is Cc1ccc(CN)cc1Oc1ccnc2ccccc12. The summed E-state index contributed by atoms with van der Waals surface area (Å²) in [6, 6.07) is 15.9. The van der Waals surface area contributed by atoms with Crippen molar-refractivity contribution in [2.75, 3.05) is 0 Å². The first-order valence-corrected chi connectivity index (χ1v) is 6.59. The molecule has 1 aromatic heterocycles. The Kier molecular flexibility index (Phi) is 3.35. The van der Waals surface area contributed by atoms with Gasteiger partial charge in [-0.25, -0.2) is 0 Å². The average molecular weight is 264 g/mol. The monoisotopic (exact) mass is 264 g/mol. The molecule has 0 spiro atoms. The molecule has 3 rings (SSSR count). The van der Waals surface area contributed by atoms with E-state index in [2.05, 4.69) is 4.98 Å². The van der Waals surface area contributed by atoms with Crippen LogP contribution in [0.15, 0.2) is 54.7 Å². The number of hydrogen-bond donors (Lipinski definition) is 1. The molecule has 1 heterocycles. The number of para-hydroxylation sites is 1. The van der Waals surface area contributed by atoms with Crippen molar-refractivity contribution in [2.45, 2.75) is 13.5 Å². The van der Waals surface area contributed by atoms with Gasteiger partial charge in [-0.1, -0.05) is 24.3 Å². The molecule has 0 fully saturated rings. The maximum Gasteiger partial charge on any atom is 0.138 e. The lowest BCUT2D eigenvalue weighted by Gasteiger charge is -2.12. The number of hydrogen-bond acceptors (Lipinski definition) is 3. The Morgan fingerprint density at radius 1 is 1.05 bits per heavy atom. The van der Waals surface area contributed by atoms with Crippen LogP contribution in [0, 0.1) is 6.92 Å². The van der Waals surface area contributed by atoms with Crippen LogP contribution in [0.5, 0.6) is 11.5 Å². The van der Waals surface area contributed by atoms with E-state index in [1.165, 1.54) is 0 Å². The largest absolute Gasteiger partial charge is 0.456 e. The van der Waals surface area contributed by atoms with E-state index in [9.17, 15) is 0 Å². The summed E-state index contributed by atoms with van der Waals surface area (Å²) in [5, 5.41) is 1.01. The molecule has 0 aliphatic rings. The lowest BCUT2D eigenvalue weighted by Crippen LogP contribution is -1.97. The first kappa shape index (κ1) is 12.6. The highest BCUT2D eigenvalue weighted by Gasteiger charge is 2.06. The molecule has 0 aliphatic heterocycles. The Hall–Kier alpha value is -2.39. The smallest absolute Gasteiger partial charge is 0.138 e. The predicted octanol–water partition coefficient (Wildman–Crippen LogP) is 3.79. The third-order valence-corrected chi connectivity index (χ3v) is 3.32. The normalized spacial score (nSPS) is 10.7. The second-order valence-electron chi connectivity index (χ2n) is 4.73. The molecule has 3 nitrogen and oxygen atoms in total. The Balaban J connectivity index is 2.05. The quantitative estimate of drug-likeness (QED) is 0.782. The summed E-state index contributed by atoms with van der Waals surface area (Å²) in [6.07, 6.45) is 1.76. The highest BCUT2D eigenvalue weighted by Crippen LogP contribution is 2.30. The van der Waals surface area contributed by atoms with E-state index in [0.29, 0.717) is 6.54 Å². The molecule has 3 aromatic rings. The van der Waals surface area contributed by atoms with Crippen LogP contribution in [-0.2, 0) is 6.54 Å². The fourth-order valence-electron chi connectivity index (χ4n) is 2.16. The van der Waals surface area contributed by atoms with E-state index in [4.69, 9.17) is 10.5 Å². The van der Waals surface area contributed by atoms with Crippen molar-refractivity contribution < 1.29 is 4.74 Å². The highest BCUT2D eigenvalue weighted by atomic mass is 16.5. The van der Waals surface area contributed by atoms with Gasteiger partial charge in [0, 0.05) is 18.1 Å². The number of rotatable bonds is 3. The van der Waals surface area contributed by atoms with E-state index in [-0.39, 0.29) is 0 Å². The molecular weight excluding hydrogens is 248 g/mol. The van der Waals surface area contributed by atoms with Gasteiger partial charge in [-0.15, -0.1) is 0 Å². The number of fused-ring (bicyclic) bond motifs is 1. The second-order valence-corrected chi connectivity index (χ2v) is 4.73. The van der Waals surface area contributed by atoms with Gasteiger partial charge in [0.05, 0.1) is 5.52 Å². The van der Waals surface area contributed by atoms with Crippen LogP contribution in [0.2, 0.25) is 0 Å². The van der Waals surface area contributed by atoms with Crippen LogP contribution >= 0.6 is 0 Å². The number of aromatic nitrogens is 1. The van der Waals surface area contributed by atoms with E-state index in [0.717, 1.165) is 33.5 Å². The van der Waals surface area contributed by atoms with Gasteiger partial charge in [-0.05, 0) is 42.3 Å². The van der Waals surface area contributed by atoms with Gasteiger partial charge < -0.3 is 10.5 Å². The average Bonchev–Trinajstić information content (AvgIpc) is 2.50. The number of pyridine rings is 1. The molecular formula is C17H16N2O. The molecule has 0 bridgehead atoms. The first-order valence-electron chi connectivity index (χ1n) is 6.59. The maximum atomic E-state index is 6.07. The van der Waals surface area contributed by atoms with Crippen LogP contribution in [0.3, 0.4) is 0 Å². The molecule has 2 N–H and O–H groups in total. The summed E-state index contributed by atoms with van der Waals surface area (Å²) in [6.45, 7) is 2.53. The van der Waals surface area contributed by atoms with Crippen molar-refractivity contribution >= 4 is 10.9 Å². The topological polar surface area (TPSA) is 48.1 Å². The van der Waals surface area contributed by atoms with Crippen molar-refractivity contribution in [3.63, 3.8) is 0 Å². The minimum Gasteiger partial charge on any atom is -0.456 e. The fraction of sp³-hybridized carbons (Fsp3) is 0.118. The van der Waals surface area contributed by atoms with Crippen molar-refractivity contribution in [1.82, 2.24) is 4.98 Å². The van der Waals surface area contributed by atoms with Crippen LogP contribution in [0.25, 0.3) is 10.9 Å². The van der Waals surface area contributed by atoms with Crippen molar-refractivity contribution in [3.05, 3.63) is 65.9 Å². The summed E-state index contributed by atoms with van der Waals surface area (Å²) in [4.78, 5) is 4.34. The van der Waals surface area contributed by atoms with Crippen LogP contribution < -0.4 is 10.5 Å². The van der Waals surface area contributed by atoms with E-state index >= 15 is 0 Å². The zero-order valence-corrected chi connectivity index (χ0v) is 11.3. The molecule has 0 amide bonds. The molecule has 0 saturated carbocycles. The number of ether oxygens (including phenoxy) is 1. The Bertz CT molecular complexity index is 748. The minimum atomic E-state index is 0.508. The second kappa shape index (κ2) is 5.31. The number of benzene rings is 2. The molecule has 2 aromatic carbocycles. The summed E-state index contributed by atoms with van der Waals surface area (Å²) in [5.41, 5.74) is 8.76. The summed E-state index contributed by atoms with van der Waals surface area (Å²) in [5.74, 6) is 1.65. The third kappa shape index (κ3) is 2.36. The third-order valence-electron chi connectivity index (χ3n) is 3.32. The Labute approximate surface area is 118 Å². The molecule has 3 heteroatoms. The number of nitrogens with two attached hydrogens (primary N) is 1. The van der Waals surface area contributed by atoms with Crippen molar-refractivity contribution in [2.24, 2.45) is 5.73 Å². The lowest BCUT2D eigenvalue weighted by molar-refractivity contribution is 0.483. The van der Waals surface area contributed by atoms with Gasteiger partial charge in [-0.3, -0.25) is 4.98 Å². The number of nitrogens with zero attached hydrogens (tertiary/aromatic N) is 1. The Morgan fingerprint density at radius 2 is 1.90 bits per heavy atom. The summed E-state index contributed by atoms with van der Waals surface area (Å²) >= 11 is 0. The predicted molar refractivity (Wildman–Crippen MR) is 80.9 cm³/mol. The van der Waals surface area contributed by atoms with Crippen LogP contribution in [0.1, 0.15) is 11.1 Å². The molecule has 0 saturated heterocycles. The molecule has 0 aliphatic carbocycles. The first-order chi connectivity index (χ1) is 9.78. The summed E-state index contributed by atoms with van der Waals surface area (Å²) < 4.78 is 6.07. The van der Waals surface area contributed by atoms with Crippen LogP contribution in [-0.4, -0.2) is 4.98 Å². The highest BCUT2D eigenvalue weighted by molar-refractivity contribution is 5.84. The molecule has 100 valence electrons. The van der Waals surface area contributed by atoms with Gasteiger partial charge in [0.15, 0.2) is 0 Å². The van der Waals surface area contributed by atoms with E-state index < -0.39 is 0 Å². The molecule has 20 heavy (non-hydrogen) atoms. The Morgan fingerprint density at radius 3 is 2.75 bits per heavy atom. The van der Waals surface area contributed by atoms with Crippen molar-refractivity contribution in [1.29, 1.82) is 0 Å². The van der Waals surface area contributed by atoms with E-state index in [1.54, 1.807) is 6.20 Å². The van der Waals surface area contributed by atoms with E-state index in [1.807, 2.05) is 55.5 Å². The van der Waals surface area contributed by atoms with Crippen LogP contribution in [0.4, 0.5) is 0 Å². The van der Waals surface area contributed by atoms with Gasteiger partial charge in [0.2, 0.25) is 0 Å². The molecule has 0 atom stereocenters. The minimum absolute atomic E-state index is 0.508. The molecule has 0 unspecified atom stereocenters. The lowest BCUT2D eigenvalue weighted by atomic mass is 10.1. The maximum absolute atomic E-state index is 6.07. The summed E-state index contributed by atoms with van der Waals surface area (Å²) in [7, 11) is 0. The van der Waals surface area contributed by atoms with Gasteiger partial charge in [0.1, 0.15) is 11.5 Å². The molecule has 0 radical (unpaired) electrons. The van der Waals surface area contributed by atoms with Gasteiger partial charge in [-0.2, -0.15) is 0 Å².